The third-order valence-electron chi connectivity index (χ3n) is 6.40. The highest BCUT2D eigenvalue weighted by molar-refractivity contribution is 7.89. The summed E-state index contributed by atoms with van der Waals surface area (Å²) in [6.07, 6.45) is 2.77. The van der Waals surface area contributed by atoms with Gasteiger partial charge in [0.1, 0.15) is 5.82 Å². The van der Waals surface area contributed by atoms with Crippen LogP contribution in [0.1, 0.15) is 43.5 Å². The number of likely N-dealkylation sites (N-methyl/N-ethyl adjacent to an activating group) is 1. The fourth-order valence-corrected chi connectivity index (χ4v) is 6.78. The van der Waals surface area contributed by atoms with E-state index in [-0.39, 0.29) is 16.6 Å². The molecule has 0 bridgehead atoms. The first-order valence-electron chi connectivity index (χ1n) is 12.0. The van der Waals surface area contributed by atoms with Crippen molar-refractivity contribution in [3.8, 4) is 0 Å². The molecule has 7 nitrogen and oxygen atoms in total. The summed E-state index contributed by atoms with van der Waals surface area (Å²) in [5.74, 6) is -0.613. The molecule has 0 saturated carbocycles. The van der Waals surface area contributed by atoms with E-state index in [9.17, 15) is 17.6 Å². The number of fused-ring (bicyclic) bond motifs is 1. The zero-order valence-electron chi connectivity index (χ0n) is 20.1. The lowest BCUT2D eigenvalue weighted by Crippen LogP contribution is -2.39. The van der Waals surface area contributed by atoms with Gasteiger partial charge in [-0.25, -0.2) is 17.8 Å². The maximum atomic E-state index is 13.7. The molecule has 2 heterocycles. The van der Waals surface area contributed by atoms with Crippen molar-refractivity contribution < 1.29 is 17.6 Å². The van der Waals surface area contributed by atoms with Crippen LogP contribution >= 0.6 is 11.3 Å². The predicted octanol–water partition coefficient (Wildman–Crippen LogP) is 4.60. The Morgan fingerprint density at radius 3 is 2.37 bits per heavy atom. The molecular weight excluding hydrogens is 487 g/mol. The molecule has 1 amide bonds. The smallest absolute Gasteiger partial charge is 0.260 e. The molecule has 0 unspecified atom stereocenters. The number of anilines is 1. The van der Waals surface area contributed by atoms with E-state index in [1.807, 2.05) is 0 Å². The van der Waals surface area contributed by atoms with Gasteiger partial charge in [-0.2, -0.15) is 4.31 Å². The van der Waals surface area contributed by atoms with Gasteiger partial charge in [0.05, 0.1) is 15.1 Å². The molecule has 0 aliphatic carbocycles. The van der Waals surface area contributed by atoms with Crippen LogP contribution < -0.4 is 4.90 Å². The Morgan fingerprint density at radius 2 is 1.71 bits per heavy atom. The van der Waals surface area contributed by atoms with Crippen LogP contribution in [0.2, 0.25) is 0 Å². The number of amides is 1. The average Bonchev–Trinajstić information content (AvgIpc) is 3.29. The molecule has 0 N–H and O–H groups in total. The molecule has 2 aromatic carbocycles. The molecule has 1 fully saturated rings. The number of rotatable bonds is 9. The van der Waals surface area contributed by atoms with Crippen LogP contribution in [0.4, 0.5) is 9.52 Å². The van der Waals surface area contributed by atoms with Crippen molar-refractivity contribution in [2.45, 2.75) is 38.0 Å². The number of piperidine rings is 1. The summed E-state index contributed by atoms with van der Waals surface area (Å²) in [7, 11) is -3.57. The number of carbonyl (C=O) groups excluding carboxylic acids is 1. The van der Waals surface area contributed by atoms with Gasteiger partial charge in [-0.15, -0.1) is 0 Å². The summed E-state index contributed by atoms with van der Waals surface area (Å²) in [5.41, 5.74) is 1.02. The zero-order chi connectivity index (χ0) is 25.0. The molecule has 0 spiro atoms. The lowest BCUT2D eigenvalue weighted by molar-refractivity contribution is 0.0983. The van der Waals surface area contributed by atoms with Gasteiger partial charge < -0.3 is 4.90 Å². The molecule has 1 saturated heterocycles. The van der Waals surface area contributed by atoms with Crippen LogP contribution in [-0.2, 0) is 10.0 Å². The highest BCUT2D eigenvalue weighted by Crippen LogP contribution is 2.30. The van der Waals surface area contributed by atoms with Crippen LogP contribution in [0.3, 0.4) is 0 Å². The van der Waals surface area contributed by atoms with Crippen LogP contribution in [0.5, 0.6) is 0 Å². The Balaban J connectivity index is 1.61. The molecular formula is C25H31FN4O3S2. The summed E-state index contributed by atoms with van der Waals surface area (Å²) in [6.45, 7) is 7.97. The summed E-state index contributed by atoms with van der Waals surface area (Å²) < 4.78 is 41.9. The van der Waals surface area contributed by atoms with Gasteiger partial charge in [0, 0.05) is 31.7 Å². The highest BCUT2D eigenvalue weighted by atomic mass is 32.2. The van der Waals surface area contributed by atoms with E-state index < -0.39 is 10.0 Å². The molecule has 10 heteroatoms. The highest BCUT2D eigenvalue weighted by Gasteiger charge is 2.27. The quantitative estimate of drug-likeness (QED) is 0.414. The van der Waals surface area contributed by atoms with Gasteiger partial charge in [-0.1, -0.05) is 31.6 Å². The second-order valence-corrected chi connectivity index (χ2v) is 11.5. The largest absolute Gasteiger partial charge is 0.302 e. The fourth-order valence-electron chi connectivity index (χ4n) is 4.25. The van der Waals surface area contributed by atoms with Crippen molar-refractivity contribution in [2.75, 3.05) is 44.2 Å². The van der Waals surface area contributed by atoms with Crippen LogP contribution in [0.25, 0.3) is 10.2 Å². The standard InChI is InChI=1S/C25H31FN4O3S2/c1-3-28(4-2)16-17-30(25-27-22-13-10-20(26)18-23(22)34-25)24(31)19-8-11-21(12-9-19)35(32,33)29-14-6-5-7-15-29/h8-13,18H,3-7,14-17H2,1-2H3. The average molecular weight is 519 g/mol. The third-order valence-corrected chi connectivity index (χ3v) is 9.36. The minimum Gasteiger partial charge on any atom is -0.302 e. The number of benzene rings is 2. The Kier molecular flexibility index (Phi) is 8.16. The first kappa shape index (κ1) is 25.7. The van der Waals surface area contributed by atoms with Gasteiger partial charge in [0.2, 0.25) is 10.0 Å². The van der Waals surface area contributed by atoms with Gasteiger partial charge >= 0.3 is 0 Å². The van der Waals surface area contributed by atoms with Gasteiger partial charge in [-0.05, 0) is 68.4 Å². The molecule has 0 radical (unpaired) electrons. The van der Waals surface area contributed by atoms with E-state index in [2.05, 4.69) is 23.7 Å². The number of nitrogens with zero attached hydrogens (tertiary/aromatic N) is 4. The predicted molar refractivity (Wildman–Crippen MR) is 138 cm³/mol. The third kappa shape index (κ3) is 5.72. The maximum absolute atomic E-state index is 13.7. The van der Waals surface area contributed by atoms with E-state index in [0.29, 0.717) is 47.1 Å². The number of aromatic nitrogens is 1. The lowest BCUT2D eigenvalue weighted by Gasteiger charge is -2.26. The molecule has 0 atom stereocenters. The molecule has 35 heavy (non-hydrogen) atoms. The van der Waals surface area contributed by atoms with Crippen molar-refractivity contribution in [2.24, 2.45) is 0 Å². The van der Waals surface area contributed by atoms with Crippen molar-refractivity contribution in [1.29, 1.82) is 0 Å². The number of halogens is 1. The SMILES string of the molecule is CCN(CC)CCN(C(=O)c1ccc(S(=O)(=O)N2CCCCC2)cc1)c1nc2ccc(F)cc2s1. The molecule has 188 valence electrons. The Morgan fingerprint density at radius 1 is 1.03 bits per heavy atom. The van der Waals surface area contributed by atoms with Crippen molar-refractivity contribution >= 4 is 42.6 Å². The maximum Gasteiger partial charge on any atom is 0.260 e. The number of carbonyl (C=O) groups is 1. The minimum atomic E-state index is -3.57. The van der Waals surface area contributed by atoms with Crippen molar-refractivity contribution in [3.63, 3.8) is 0 Å². The molecule has 4 rings (SSSR count). The number of thiazole rings is 1. The van der Waals surface area contributed by atoms with Crippen LogP contribution in [-0.4, -0.2) is 67.8 Å². The van der Waals surface area contributed by atoms with E-state index >= 15 is 0 Å². The van der Waals surface area contributed by atoms with Crippen LogP contribution in [0.15, 0.2) is 47.4 Å². The lowest BCUT2D eigenvalue weighted by atomic mass is 10.2. The monoisotopic (exact) mass is 518 g/mol. The second-order valence-electron chi connectivity index (χ2n) is 8.58. The van der Waals surface area contributed by atoms with Crippen molar-refractivity contribution in [3.05, 3.63) is 53.8 Å². The first-order valence-corrected chi connectivity index (χ1v) is 14.3. The molecule has 1 aliphatic rings. The normalized spacial score (nSPS) is 15.1. The van der Waals surface area contributed by atoms with Gasteiger partial charge in [0.25, 0.3) is 5.91 Å². The second kappa shape index (κ2) is 11.1. The zero-order valence-corrected chi connectivity index (χ0v) is 21.7. The number of sulfonamides is 1. The van der Waals surface area contributed by atoms with E-state index in [4.69, 9.17) is 0 Å². The number of hydrogen-bond acceptors (Lipinski definition) is 6. The molecule has 1 aliphatic heterocycles. The number of hydrogen-bond donors (Lipinski definition) is 0. The summed E-state index contributed by atoms with van der Waals surface area (Å²) in [6, 6.07) is 10.5. The van der Waals surface area contributed by atoms with E-state index in [1.54, 1.807) is 23.1 Å². The Bertz CT molecular complexity index is 1270. The van der Waals surface area contributed by atoms with Gasteiger partial charge in [-0.3, -0.25) is 9.69 Å². The minimum absolute atomic E-state index is 0.195. The summed E-state index contributed by atoms with van der Waals surface area (Å²) >= 11 is 1.27. The van der Waals surface area contributed by atoms with Crippen molar-refractivity contribution in [1.82, 2.24) is 14.2 Å². The Labute approximate surface area is 210 Å². The molecule has 1 aromatic heterocycles. The van der Waals surface area contributed by atoms with Gasteiger partial charge in [0.15, 0.2) is 5.13 Å². The summed E-state index contributed by atoms with van der Waals surface area (Å²) in [4.78, 5) is 22.2. The Hall–Kier alpha value is -2.40. The van der Waals surface area contributed by atoms with Crippen LogP contribution in [0, 0.1) is 5.82 Å². The fraction of sp³-hybridized carbons (Fsp3) is 0.440. The van der Waals surface area contributed by atoms with E-state index in [1.165, 1.54) is 39.9 Å². The topological polar surface area (TPSA) is 73.8 Å². The van der Waals surface area contributed by atoms with E-state index in [0.717, 1.165) is 32.4 Å². The molecule has 3 aromatic rings. The summed E-state index contributed by atoms with van der Waals surface area (Å²) in [5, 5.41) is 0.493. The first-order chi connectivity index (χ1) is 16.8.